The topological polar surface area (TPSA) is 313 Å². The van der Waals surface area contributed by atoms with Gasteiger partial charge in [-0.05, 0) is 33.3 Å². The van der Waals surface area contributed by atoms with Gasteiger partial charge >= 0.3 is 17.9 Å². The lowest BCUT2D eigenvalue weighted by Crippen LogP contribution is -2.68. The molecule has 0 saturated carbocycles. The fourth-order valence-corrected chi connectivity index (χ4v) is 9.15. The number of aliphatic hydroxyl groups excluding tert-OH is 1. The van der Waals surface area contributed by atoms with Crippen molar-refractivity contribution in [1.29, 1.82) is 5.41 Å². The maximum Gasteiger partial charge on any atom is 0.337 e. The number of nitrogens with one attached hydrogen (secondary N) is 1. The molecule has 3 heterocycles. The standard InChI is InChI=1S/C53H58Cl3N7O17/c1-30(65)69-29-37-41(43(74-31(2)66)39(61-63-59)50(76-37)80-52(57)53(54,55)56)77-51-47(73-28-35-22-14-7-15-23-35)44(72-27-34-20-12-6-13-21-34)45(46(79-51)48(67)68-3)78-49-38(60-62-58)42(71-26-33-18-10-5-11-19-33)40(36(24-64)75-49)70-25-32-16-8-4-9-17-32/h4-23,36-47,49-51,57,64H,24-29H2,1-3H3/t36-,37-,38-,39-,40-,41-,42-,43-,44+,45+,46+,47-,49-,50?,51-/m1/s1. The zero-order chi connectivity index (χ0) is 57.2. The van der Waals surface area contributed by atoms with Crippen LogP contribution in [0.1, 0.15) is 36.1 Å². The summed E-state index contributed by atoms with van der Waals surface area (Å²) in [6, 6.07) is 33.0. The molecule has 0 aromatic heterocycles. The molecule has 80 heavy (non-hydrogen) atoms. The lowest BCUT2D eigenvalue weighted by molar-refractivity contribution is -0.370. The second-order valence-corrected chi connectivity index (χ2v) is 20.5. The Morgan fingerprint density at radius 3 is 1.48 bits per heavy atom. The number of esters is 3. The minimum atomic E-state index is -2.47. The molecule has 3 aliphatic heterocycles. The van der Waals surface area contributed by atoms with Gasteiger partial charge in [0.05, 0.1) is 40.1 Å². The Morgan fingerprint density at radius 2 is 1.02 bits per heavy atom. The van der Waals surface area contributed by atoms with Gasteiger partial charge in [0.15, 0.2) is 18.7 Å². The van der Waals surface area contributed by atoms with Crippen LogP contribution >= 0.6 is 34.8 Å². The van der Waals surface area contributed by atoms with Gasteiger partial charge in [-0.1, -0.05) is 166 Å². The van der Waals surface area contributed by atoms with Crippen molar-refractivity contribution >= 4 is 58.6 Å². The Labute approximate surface area is 474 Å². The van der Waals surface area contributed by atoms with Crippen LogP contribution in [0, 0.1) is 5.41 Å². The van der Waals surface area contributed by atoms with Crippen LogP contribution < -0.4 is 0 Å². The van der Waals surface area contributed by atoms with E-state index in [9.17, 15) is 30.6 Å². The number of azide groups is 2. The molecule has 4 aromatic rings. The van der Waals surface area contributed by atoms with Crippen LogP contribution in [0.5, 0.6) is 0 Å². The van der Waals surface area contributed by atoms with E-state index in [2.05, 4.69) is 20.1 Å². The van der Waals surface area contributed by atoms with Crippen molar-refractivity contribution in [3.63, 3.8) is 0 Å². The Kier molecular flexibility index (Phi) is 23.1. The molecule has 3 fully saturated rings. The van der Waals surface area contributed by atoms with E-state index in [1.807, 2.05) is 60.7 Å². The van der Waals surface area contributed by atoms with E-state index in [4.69, 9.17) is 102 Å². The first-order chi connectivity index (χ1) is 38.6. The Balaban J connectivity index is 1.34. The summed E-state index contributed by atoms with van der Waals surface area (Å²) in [6.07, 6.45) is -20.4. The third kappa shape index (κ3) is 16.7. The molecule has 4 aromatic carbocycles. The molecule has 2 N–H and O–H groups in total. The summed E-state index contributed by atoms with van der Waals surface area (Å²) in [4.78, 5) is 45.9. The first-order valence-electron chi connectivity index (χ1n) is 24.9. The summed E-state index contributed by atoms with van der Waals surface area (Å²) in [5.41, 5.74) is 22.9. The van der Waals surface area contributed by atoms with E-state index in [-0.39, 0.29) is 26.4 Å². The van der Waals surface area contributed by atoms with Crippen LogP contribution in [0.15, 0.2) is 132 Å². The van der Waals surface area contributed by atoms with E-state index in [1.165, 1.54) is 0 Å². The largest absolute Gasteiger partial charge is 0.467 e. The van der Waals surface area contributed by atoms with E-state index in [1.54, 1.807) is 60.7 Å². The fraction of sp³-hybridized carbons (Fsp3) is 0.472. The minimum Gasteiger partial charge on any atom is -0.467 e. The van der Waals surface area contributed by atoms with Gasteiger partial charge in [-0.3, -0.25) is 15.0 Å². The lowest BCUT2D eigenvalue weighted by atomic mass is 9.94. The molecule has 27 heteroatoms. The van der Waals surface area contributed by atoms with Crippen molar-refractivity contribution in [2.24, 2.45) is 10.2 Å². The van der Waals surface area contributed by atoms with Crippen LogP contribution in [0.25, 0.3) is 20.9 Å². The molecule has 0 aliphatic carbocycles. The molecule has 0 spiro atoms. The number of carbonyl (C=O) groups excluding carboxylic acids is 3. The van der Waals surface area contributed by atoms with Gasteiger partial charge in [0.1, 0.15) is 73.6 Å². The monoisotopic (exact) mass is 1170 g/mol. The Bertz CT molecular complexity index is 2730. The number of ether oxygens (including phenoxy) is 13. The quantitative estimate of drug-likeness (QED) is 0.00994. The van der Waals surface area contributed by atoms with Crippen molar-refractivity contribution < 1.29 is 81.1 Å². The van der Waals surface area contributed by atoms with Gasteiger partial charge in [0.2, 0.25) is 12.2 Å². The molecule has 24 nitrogen and oxygen atoms in total. The summed E-state index contributed by atoms with van der Waals surface area (Å²) < 4.78 is 79.1. The number of methoxy groups -OCH3 is 1. The number of benzene rings is 4. The van der Waals surface area contributed by atoms with Crippen molar-refractivity contribution in [3.05, 3.63) is 164 Å². The highest BCUT2D eigenvalue weighted by Gasteiger charge is 2.59. The van der Waals surface area contributed by atoms with Crippen LogP contribution in [0.3, 0.4) is 0 Å². The number of nitrogens with zero attached hydrogens (tertiary/aromatic N) is 6. The summed E-state index contributed by atoms with van der Waals surface area (Å²) in [7, 11) is 1.08. The normalized spacial score (nSPS) is 28.5. The van der Waals surface area contributed by atoms with Crippen LogP contribution in [0.2, 0.25) is 0 Å². The number of rotatable bonds is 24. The number of alkyl halides is 3. The average Bonchev–Trinajstić information content (AvgIpc) is 3.46. The number of hydrogen-bond donors (Lipinski definition) is 2. The highest BCUT2D eigenvalue weighted by molar-refractivity contribution is 6.76. The summed E-state index contributed by atoms with van der Waals surface area (Å²) >= 11 is 17.9. The zero-order valence-electron chi connectivity index (χ0n) is 43.2. The van der Waals surface area contributed by atoms with E-state index >= 15 is 0 Å². The van der Waals surface area contributed by atoms with Crippen molar-refractivity contribution in [2.45, 2.75) is 136 Å². The van der Waals surface area contributed by atoms with Crippen molar-refractivity contribution in [2.75, 3.05) is 20.3 Å². The Morgan fingerprint density at radius 1 is 0.575 bits per heavy atom. The van der Waals surface area contributed by atoms with E-state index < -0.39 is 133 Å². The number of halogens is 3. The van der Waals surface area contributed by atoms with Crippen LogP contribution in [-0.2, 0) is 102 Å². The summed E-state index contributed by atoms with van der Waals surface area (Å²) in [6.45, 7) is 0.479. The summed E-state index contributed by atoms with van der Waals surface area (Å²) in [5, 5.41) is 27.3. The highest BCUT2D eigenvalue weighted by atomic mass is 35.6. The van der Waals surface area contributed by atoms with Gasteiger partial charge in [0, 0.05) is 23.7 Å². The number of hydrogen-bond acceptors (Lipinski definition) is 20. The molecular formula is C53H58Cl3N7O17. The van der Waals surface area contributed by atoms with Crippen molar-refractivity contribution in [3.8, 4) is 0 Å². The molecule has 1 unspecified atom stereocenters. The molecular weight excluding hydrogens is 1110 g/mol. The second-order valence-electron chi connectivity index (χ2n) is 18.2. The molecule has 3 aliphatic rings. The SMILES string of the molecule is COC(=O)[C@H]1O[C@@H](O[C@H]2[C@H](OC(C)=O)[C@@H](N=[N+]=[N-])C(OC(=N)C(Cl)(Cl)Cl)O[C@@H]2COC(C)=O)[C@H](OCc2ccccc2)[C@@H](OCc2ccccc2)[C@@H]1O[C@H]1O[C@H](CO)[C@@H](OCc2ccccc2)[C@H](OCc2ccccc2)[C@H]1N=[N+]=[N-]. The van der Waals surface area contributed by atoms with E-state index in [0.29, 0.717) is 11.1 Å². The molecule has 428 valence electrons. The van der Waals surface area contributed by atoms with Crippen LogP contribution in [-0.4, -0.2) is 145 Å². The first kappa shape index (κ1) is 61.5. The first-order valence-corrected chi connectivity index (χ1v) is 26.0. The zero-order valence-corrected chi connectivity index (χ0v) is 45.5. The fourth-order valence-electron chi connectivity index (χ4n) is 9.02. The molecule has 3 saturated heterocycles. The van der Waals surface area contributed by atoms with Gasteiger partial charge in [-0.2, -0.15) is 0 Å². The smallest absolute Gasteiger partial charge is 0.337 e. The predicted octanol–water partition coefficient (Wildman–Crippen LogP) is 7.66. The summed E-state index contributed by atoms with van der Waals surface area (Å²) in [5.74, 6) is -3.80. The van der Waals surface area contributed by atoms with Crippen LogP contribution in [0.4, 0.5) is 0 Å². The highest BCUT2D eigenvalue weighted by Crippen LogP contribution is 2.40. The van der Waals surface area contributed by atoms with E-state index in [0.717, 1.165) is 32.1 Å². The maximum atomic E-state index is 14.4. The molecule has 0 bridgehead atoms. The number of carbonyl (C=O) groups is 3. The second kappa shape index (κ2) is 30.1. The van der Waals surface area contributed by atoms with Gasteiger partial charge < -0.3 is 66.7 Å². The minimum absolute atomic E-state index is 0.0198. The van der Waals surface area contributed by atoms with Gasteiger partial charge in [-0.15, -0.1) is 0 Å². The maximum absolute atomic E-state index is 14.4. The average molecular weight is 1170 g/mol. The Hall–Kier alpha value is -6.15. The molecule has 0 amide bonds. The lowest BCUT2D eigenvalue weighted by Gasteiger charge is -2.50. The third-order valence-corrected chi connectivity index (χ3v) is 13.2. The third-order valence-electron chi connectivity index (χ3n) is 12.7. The molecule has 15 atom stereocenters. The van der Waals surface area contributed by atoms with Crippen molar-refractivity contribution in [1.82, 2.24) is 0 Å². The molecule has 0 radical (unpaired) electrons. The number of aliphatic hydroxyl groups is 1. The van der Waals surface area contributed by atoms with Gasteiger partial charge in [-0.25, -0.2) is 4.79 Å². The predicted molar refractivity (Wildman–Crippen MR) is 282 cm³/mol. The van der Waals surface area contributed by atoms with Gasteiger partial charge in [0.25, 0.3) is 3.79 Å². The molecule has 7 rings (SSSR count).